The third kappa shape index (κ3) is 18.1. The van der Waals surface area contributed by atoms with Gasteiger partial charge in [0.05, 0.1) is 12.1 Å². The monoisotopic (exact) mass is 874 g/mol. The lowest BCUT2D eigenvalue weighted by atomic mass is 9.85. The fraction of sp³-hybridized carbons (Fsp3) is 0.667. The van der Waals surface area contributed by atoms with E-state index in [1.807, 2.05) is 5.32 Å². The van der Waals surface area contributed by atoms with Crippen molar-refractivity contribution < 1.29 is 68.4 Å². The second kappa shape index (κ2) is 27.1. The van der Waals surface area contributed by atoms with Crippen LogP contribution in [0.1, 0.15) is 38.5 Å². The smallest absolute Gasteiger partial charge is 0.322 e. The predicted octanol–water partition coefficient (Wildman–Crippen LogP) is -3.54. The van der Waals surface area contributed by atoms with Crippen molar-refractivity contribution in [2.75, 3.05) is 48.6 Å². The number of nitrogens with one attached hydrogen (secondary N) is 3. The van der Waals surface area contributed by atoms with E-state index in [1.54, 1.807) is 12.5 Å². The van der Waals surface area contributed by atoms with Gasteiger partial charge in [0.1, 0.15) is 31.2 Å². The van der Waals surface area contributed by atoms with Crippen molar-refractivity contribution in [2.24, 2.45) is 22.9 Å². The third-order valence-electron chi connectivity index (χ3n) is 7.59. The number of Topliss-reactive ketones (excluding diaryl/α,β-unsaturated/α-hetero) is 1. The van der Waals surface area contributed by atoms with Crippen LogP contribution in [0.25, 0.3) is 0 Å². The van der Waals surface area contributed by atoms with Crippen LogP contribution >= 0.6 is 45.1 Å². The van der Waals surface area contributed by atoms with Gasteiger partial charge in [-0.15, -0.1) is 0 Å². The first-order valence-corrected chi connectivity index (χ1v) is 21.9. The number of hydrogen-bond acceptors (Lipinski definition) is 18. The number of ketones is 1. The van der Waals surface area contributed by atoms with Crippen LogP contribution < -0.4 is 38.9 Å². The van der Waals surface area contributed by atoms with E-state index in [0.717, 1.165) is 0 Å². The molecule has 0 aromatic heterocycles. The molecule has 318 valence electrons. The first kappa shape index (κ1) is 52.3. The SMILES string of the molecule is CSCC[C@H](N)C(=O)N(C(=O)CC[C@H](N)C(=O)O)[C@@](CSSC[C@H](NC(=O)CC[C@H](N)C(=O)O)C(=O)NCC(=O)O)(C(=O)NCC(=O)O)C(=O)[C@@H](N)CCSC. The van der Waals surface area contributed by atoms with Crippen molar-refractivity contribution >= 4 is 104 Å². The molecular weight excluding hydrogens is 825 g/mol. The molecule has 0 radical (unpaired) electrons. The number of amides is 5. The fourth-order valence-corrected chi connectivity index (χ4v) is 8.03. The van der Waals surface area contributed by atoms with Gasteiger partial charge in [0.25, 0.3) is 5.91 Å². The van der Waals surface area contributed by atoms with E-state index in [0.29, 0.717) is 21.6 Å². The molecule has 0 aliphatic rings. The summed E-state index contributed by atoms with van der Waals surface area (Å²) in [5.41, 5.74) is 20.5. The van der Waals surface area contributed by atoms with Crippen molar-refractivity contribution in [1.82, 2.24) is 20.9 Å². The number of aliphatic carboxylic acids is 4. The van der Waals surface area contributed by atoms with Crippen molar-refractivity contribution in [3.8, 4) is 0 Å². The molecule has 15 N–H and O–H groups in total. The van der Waals surface area contributed by atoms with Crippen LogP contribution in [0.2, 0.25) is 0 Å². The molecule has 56 heavy (non-hydrogen) atoms. The lowest BCUT2D eigenvalue weighted by molar-refractivity contribution is -0.164. The maximum absolute atomic E-state index is 14.5. The van der Waals surface area contributed by atoms with Crippen LogP contribution in [0.5, 0.6) is 0 Å². The molecule has 0 rings (SSSR count). The minimum Gasteiger partial charge on any atom is -0.480 e. The van der Waals surface area contributed by atoms with Crippen LogP contribution in [0, 0.1) is 0 Å². The quantitative estimate of drug-likeness (QED) is 0.0189. The highest BCUT2D eigenvalue weighted by molar-refractivity contribution is 8.76. The molecule has 0 fully saturated rings. The predicted molar refractivity (Wildman–Crippen MR) is 209 cm³/mol. The highest BCUT2D eigenvalue weighted by Crippen LogP contribution is 2.34. The standard InChI is InChI=1S/C30H50N8O14S4/c1-53-9-7-15(31)24(45)30(29(52)36-12-23(43)44,38(26(47)16(32)8-10-54-2)21(40)6-4-18(34)28(50)51)14-56-55-13-19(25(46)35-11-22(41)42)37-20(39)5-3-17(33)27(48)49/h15-19H,3-14,31-34H2,1-2H3,(H,35,46)(H,36,52)(H,37,39)(H,41,42)(H,43,44)(H,48,49)(H,50,51)/t15-,16-,17-,18-,19-,30+/m0/s1. The molecule has 0 aromatic carbocycles. The molecule has 0 saturated carbocycles. The number of hydrogen-bond donors (Lipinski definition) is 11. The van der Waals surface area contributed by atoms with E-state index in [2.05, 4.69) is 10.6 Å². The highest BCUT2D eigenvalue weighted by Gasteiger charge is 2.57. The lowest BCUT2D eigenvalue weighted by Gasteiger charge is -2.42. The Kier molecular flexibility index (Phi) is 25.3. The average molecular weight is 875 g/mol. The summed E-state index contributed by atoms with van der Waals surface area (Å²) in [6.45, 7) is -1.95. The summed E-state index contributed by atoms with van der Waals surface area (Å²) in [7, 11) is 1.30. The Morgan fingerprint density at radius 2 is 1.16 bits per heavy atom. The van der Waals surface area contributed by atoms with Crippen LogP contribution in [0.3, 0.4) is 0 Å². The van der Waals surface area contributed by atoms with Crippen molar-refractivity contribution in [3.63, 3.8) is 0 Å². The van der Waals surface area contributed by atoms with Gasteiger partial charge in [-0.2, -0.15) is 23.5 Å². The molecule has 26 heteroatoms. The molecule has 0 unspecified atom stereocenters. The minimum absolute atomic E-state index is 0.0654. The summed E-state index contributed by atoms with van der Waals surface area (Å²) in [6.07, 6.45) is 1.09. The molecule has 6 atom stereocenters. The largest absolute Gasteiger partial charge is 0.480 e. The Morgan fingerprint density at radius 3 is 1.66 bits per heavy atom. The molecule has 0 aromatic rings. The number of thioether (sulfide) groups is 2. The number of imide groups is 1. The van der Waals surface area contributed by atoms with Gasteiger partial charge in [0, 0.05) is 24.3 Å². The summed E-state index contributed by atoms with van der Waals surface area (Å²) < 4.78 is 0. The van der Waals surface area contributed by atoms with Crippen molar-refractivity contribution in [1.29, 1.82) is 0 Å². The average Bonchev–Trinajstić information content (AvgIpc) is 3.14. The number of carbonyl (C=O) groups is 10. The van der Waals surface area contributed by atoms with Crippen molar-refractivity contribution in [3.05, 3.63) is 0 Å². The van der Waals surface area contributed by atoms with Crippen LogP contribution in [-0.4, -0.2) is 169 Å². The van der Waals surface area contributed by atoms with Gasteiger partial charge in [0.15, 0.2) is 11.3 Å². The van der Waals surface area contributed by atoms with E-state index < -0.39 is 139 Å². The summed E-state index contributed by atoms with van der Waals surface area (Å²) in [4.78, 5) is 128. The molecule has 5 amide bonds. The van der Waals surface area contributed by atoms with Gasteiger partial charge in [-0.1, -0.05) is 21.6 Å². The van der Waals surface area contributed by atoms with Crippen molar-refractivity contribution in [2.45, 2.75) is 74.3 Å². The van der Waals surface area contributed by atoms with E-state index in [9.17, 15) is 58.2 Å². The lowest BCUT2D eigenvalue weighted by Crippen LogP contribution is -2.72. The number of rotatable bonds is 30. The van der Waals surface area contributed by atoms with Crippen LogP contribution in [0.15, 0.2) is 0 Å². The Morgan fingerprint density at radius 1 is 0.661 bits per heavy atom. The first-order valence-electron chi connectivity index (χ1n) is 16.6. The third-order valence-corrected chi connectivity index (χ3v) is 11.3. The van der Waals surface area contributed by atoms with Crippen LogP contribution in [-0.2, 0) is 47.9 Å². The normalized spacial score (nSPS) is 14.8. The van der Waals surface area contributed by atoms with E-state index in [-0.39, 0.29) is 35.7 Å². The van der Waals surface area contributed by atoms with Gasteiger partial charge in [-0.3, -0.25) is 52.8 Å². The second-order valence-corrected chi connectivity index (χ2v) is 16.4. The maximum Gasteiger partial charge on any atom is 0.322 e. The van der Waals surface area contributed by atoms with Gasteiger partial charge >= 0.3 is 23.9 Å². The zero-order valence-electron chi connectivity index (χ0n) is 30.6. The van der Waals surface area contributed by atoms with Gasteiger partial charge in [-0.05, 0) is 49.7 Å². The van der Waals surface area contributed by atoms with Gasteiger partial charge in [0.2, 0.25) is 23.6 Å². The highest BCUT2D eigenvalue weighted by atomic mass is 33.1. The first-order chi connectivity index (χ1) is 26.2. The zero-order chi connectivity index (χ0) is 43.2. The number of carbonyl (C=O) groups excluding carboxylic acids is 6. The summed E-state index contributed by atoms with van der Waals surface area (Å²) in [5, 5.41) is 43.2. The van der Waals surface area contributed by atoms with E-state index >= 15 is 0 Å². The Balaban J connectivity index is 7.23. The van der Waals surface area contributed by atoms with Gasteiger partial charge in [-0.25, -0.2) is 0 Å². The number of nitrogens with two attached hydrogens (primary N) is 4. The molecular formula is C30H50N8O14S4. The Hall–Kier alpha value is -3.66. The minimum atomic E-state index is -2.93. The Labute approximate surface area is 338 Å². The molecule has 0 aliphatic heterocycles. The molecule has 0 aliphatic carbocycles. The second-order valence-electron chi connectivity index (χ2n) is 11.9. The molecule has 0 saturated heterocycles. The summed E-state index contributed by atoms with van der Waals surface area (Å²) >= 11 is 2.55. The number of carboxylic acid groups (broad SMARTS) is 4. The molecule has 0 heterocycles. The zero-order valence-corrected chi connectivity index (χ0v) is 33.9. The Bertz CT molecular complexity index is 1430. The fourth-order valence-electron chi connectivity index (χ4n) is 4.47. The summed E-state index contributed by atoms with van der Waals surface area (Å²) in [6, 6.07) is -7.58. The summed E-state index contributed by atoms with van der Waals surface area (Å²) in [5.74, 6) is -13.6. The van der Waals surface area contributed by atoms with E-state index in [4.69, 9.17) is 33.1 Å². The topological polar surface area (TPSA) is 395 Å². The van der Waals surface area contributed by atoms with Gasteiger partial charge < -0.3 is 59.3 Å². The van der Waals surface area contributed by atoms with Crippen LogP contribution in [0.4, 0.5) is 0 Å². The molecule has 0 bridgehead atoms. The van der Waals surface area contributed by atoms with E-state index in [1.165, 1.54) is 23.5 Å². The number of nitrogens with zero attached hydrogens (tertiary/aromatic N) is 1. The maximum atomic E-state index is 14.5. The molecule has 22 nitrogen and oxygen atoms in total. The molecule has 0 spiro atoms. The number of carboxylic acids is 4.